The van der Waals surface area contributed by atoms with E-state index >= 15 is 0 Å². The molecule has 0 spiro atoms. The van der Waals surface area contributed by atoms with Crippen molar-refractivity contribution in [3.8, 4) is 0 Å². The standard InChI is InChI=1S/C16H14BrN3O2S/c1-9(23-12-5-2-10(17)3-6-12)15(21)18-11-4-7-13-14(8-11)20-16(22)19-13/h2-9H,1H3,(H,18,21)(H2,19,20,22)/t9-/m0/s1. The van der Waals surface area contributed by atoms with Crippen LogP contribution in [0, 0.1) is 0 Å². The fraction of sp³-hybridized carbons (Fsp3) is 0.125. The van der Waals surface area contributed by atoms with E-state index in [1.807, 2.05) is 31.2 Å². The Hall–Kier alpha value is -1.99. The van der Waals surface area contributed by atoms with Crippen LogP contribution in [0.15, 0.2) is 56.6 Å². The predicted molar refractivity (Wildman–Crippen MR) is 97.0 cm³/mol. The number of amides is 1. The number of fused-ring (bicyclic) bond motifs is 1. The van der Waals surface area contributed by atoms with Gasteiger partial charge < -0.3 is 15.3 Å². The molecule has 1 heterocycles. The number of H-pyrrole nitrogens is 2. The topological polar surface area (TPSA) is 77.8 Å². The van der Waals surface area contributed by atoms with E-state index in [0.717, 1.165) is 9.37 Å². The van der Waals surface area contributed by atoms with Crippen molar-refractivity contribution in [3.05, 3.63) is 57.4 Å². The molecule has 3 N–H and O–H groups in total. The van der Waals surface area contributed by atoms with E-state index in [1.165, 1.54) is 11.8 Å². The number of rotatable bonds is 4. The van der Waals surface area contributed by atoms with E-state index in [0.29, 0.717) is 16.7 Å². The number of benzene rings is 2. The molecule has 0 radical (unpaired) electrons. The van der Waals surface area contributed by atoms with E-state index < -0.39 is 0 Å². The Labute approximate surface area is 145 Å². The Morgan fingerprint density at radius 1 is 1.13 bits per heavy atom. The maximum absolute atomic E-state index is 12.3. The second-order valence-corrected chi connectivity index (χ2v) is 7.37. The van der Waals surface area contributed by atoms with Crippen molar-refractivity contribution in [2.75, 3.05) is 5.32 Å². The minimum Gasteiger partial charge on any atom is -0.325 e. The molecule has 118 valence electrons. The Balaban J connectivity index is 1.69. The van der Waals surface area contributed by atoms with Gasteiger partial charge in [0.2, 0.25) is 5.91 Å². The number of hydrogen-bond acceptors (Lipinski definition) is 3. The van der Waals surface area contributed by atoms with Crippen LogP contribution in [0.5, 0.6) is 0 Å². The zero-order valence-corrected chi connectivity index (χ0v) is 14.6. The van der Waals surface area contributed by atoms with Gasteiger partial charge in [0, 0.05) is 15.1 Å². The predicted octanol–water partition coefficient (Wildman–Crippen LogP) is 3.74. The van der Waals surface area contributed by atoms with Crippen molar-refractivity contribution in [2.24, 2.45) is 0 Å². The van der Waals surface area contributed by atoms with E-state index in [9.17, 15) is 9.59 Å². The average Bonchev–Trinajstić information content (AvgIpc) is 2.88. The highest BCUT2D eigenvalue weighted by Gasteiger charge is 2.15. The molecule has 0 aliphatic rings. The van der Waals surface area contributed by atoms with Gasteiger partial charge in [-0.15, -0.1) is 11.8 Å². The lowest BCUT2D eigenvalue weighted by Gasteiger charge is -2.12. The molecule has 1 aromatic heterocycles. The monoisotopic (exact) mass is 391 g/mol. The smallest absolute Gasteiger partial charge is 0.323 e. The van der Waals surface area contributed by atoms with Crippen LogP contribution in [0.4, 0.5) is 5.69 Å². The maximum Gasteiger partial charge on any atom is 0.323 e. The molecule has 0 bridgehead atoms. The number of hydrogen-bond donors (Lipinski definition) is 3. The highest BCUT2D eigenvalue weighted by atomic mass is 79.9. The molecule has 3 aromatic rings. The van der Waals surface area contributed by atoms with Gasteiger partial charge in [-0.1, -0.05) is 15.9 Å². The highest BCUT2D eigenvalue weighted by Crippen LogP contribution is 2.26. The summed E-state index contributed by atoms with van der Waals surface area (Å²) in [6.07, 6.45) is 0. The van der Waals surface area contributed by atoms with Gasteiger partial charge in [-0.05, 0) is 49.4 Å². The number of carbonyl (C=O) groups excluding carboxylic acids is 1. The number of imidazole rings is 1. The first-order chi connectivity index (χ1) is 11.0. The number of carbonyl (C=O) groups is 1. The molecule has 0 saturated heterocycles. The summed E-state index contributed by atoms with van der Waals surface area (Å²) in [5.41, 5.74) is 1.77. The van der Waals surface area contributed by atoms with Gasteiger partial charge >= 0.3 is 5.69 Å². The molecular weight excluding hydrogens is 378 g/mol. The van der Waals surface area contributed by atoms with Crippen molar-refractivity contribution in [1.82, 2.24) is 9.97 Å². The van der Waals surface area contributed by atoms with E-state index in [2.05, 4.69) is 31.2 Å². The van der Waals surface area contributed by atoms with Gasteiger partial charge in [0.25, 0.3) is 0 Å². The Kier molecular flexibility index (Phi) is 4.58. The number of halogens is 1. The largest absolute Gasteiger partial charge is 0.325 e. The van der Waals surface area contributed by atoms with Crippen LogP contribution < -0.4 is 11.0 Å². The summed E-state index contributed by atoms with van der Waals surface area (Å²) in [5, 5.41) is 2.63. The minimum atomic E-state index is -0.261. The lowest BCUT2D eigenvalue weighted by Crippen LogP contribution is -2.22. The van der Waals surface area contributed by atoms with Gasteiger partial charge in [-0.2, -0.15) is 0 Å². The summed E-state index contributed by atoms with van der Waals surface area (Å²) in [7, 11) is 0. The summed E-state index contributed by atoms with van der Waals surface area (Å²) in [6.45, 7) is 1.86. The third-order valence-corrected chi connectivity index (χ3v) is 4.92. The summed E-state index contributed by atoms with van der Waals surface area (Å²) >= 11 is 4.88. The van der Waals surface area contributed by atoms with Crippen LogP contribution in [-0.2, 0) is 4.79 Å². The fourth-order valence-electron chi connectivity index (χ4n) is 2.13. The normalized spacial score (nSPS) is 12.3. The third kappa shape index (κ3) is 3.86. The second kappa shape index (κ2) is 6.64. The molecule has 0 saturated carbocycles. The van der Waals surface area contributed by atoms with Crippen molar-refractivity contribution >= 4 is 50.3 Å². The van der Waals surface area contributed by atoms with E-state index in [4.69, 9.17) is 0 Å². The van der Waals surface area contributed by atoms with E-state index in [1.54, 1.807) is 18.2 Å². The first kappa shape index (κ1) is 15.9. The molecule has 0 unspecified atom stereocenters. The summed E-state index contributed by atoms with van der Waals surface area (Å²) in [6, 6.07) is 13.1. The maximum atomic E-state index is 12.3. The first-order valence-electron chi connectivity index (χ1n) is 6.96. The number of thioether (sulfide) groups is 1. The highest BCUT2D eigenvalue weighted by molar-refractivity contribution is 9.10. The molecule has 23 heavy (non-hydrogen) atoms. The van der Waals surface area contributed by atoms with Crippen LogP contribution >= 0.6 is 27.7 Å². The van der Waals surface area contributed by atoms with E-state index in [-0.39, 0.29) is 16.8 Å². The SMILES string of the molecule is C[C@H](Sc1ccc(Br)cc1)C(=O)Nc1ccc2[nH]c(=O)[nH]c2c1. The molecule has 1 amide bonds. The molecule has 2 aromatic carbocycles. The number of aromatic amines is 2. The van der Waals surface area contributed by atoms with Crippen LogP contribution in [0.25, 0.3) is 11.0 Å². The Morgan fingerprint density at radius 3 is 2.57 bits per heavy atom. The van der Waals surface area contributed by atoms with Gasteiger partial charge in [-0.3, -0.25) is 4.79 Å². The molecule has 5 nitrogen and oxygen atoms in total. The molecule has 0 fully saturated rings. The quantitative estimate of drug-likeness (QED) is 0.592. The van der Waals surface area contributed by atoms with Gasteiger partial charge in [-0.25, -0.2) is 4.79 Å². The molecular formula is C16H14BrN3O2S. The summed E-state index contributed by atoms with van der Waals surface area (Å²) in [4.78, 5) is 29.9. The lowest BCUT2D eigenvalue weighted by atomic mass is 10.2. The van der Waals surface area contributed by atoms with Crippen LogP contribution in [-0.4, -0.2) is 21.1 Å². The zero-order valence-electron chi connectivity index (χ0n) is 12.2. The van der Waals surface area contributed by atoms with Gasteiger partial charge in [0.15, 0.2) is 0 Å². The molecule has 0 aliphatic heterocycles. The Bertz CT molecular complexity index is 902. The van der Waals surface area contributed by atoms with Gasteiger partial charge in [0.05, 0.1) is 16.3 Å². The van der Waals surface area contributed by atoms with Crippen molar-refractivity contribution < 1.29 is 4.79 Å². The minimum absolute atomic E-state index is 0.0878. The number of aromatic nitrogens is 2. The fourth-order valence-corrected chi connectivity index (χ4v) is 3.26. The van der Waals surface area contributed by atoms with Crippen LogP contribution in [0.3, 0.4) is 0 Å². The van der Waals surface area contributed by atoms with Crippen LogP contribution in [0.1, 0.15) is 6.92 Å². The third-order valence-electron chi connectivity index (χ3n) is 3.28. The molecule has 1 atom stereocenters. The van der Waals surface area contributed by atoms with Gasteiger partial charge in [0.1, 0.15) is 0 Å². The number of anilines is 1. The Morgan fingerprint density at radius 2 is 1.83 bits per heavy atom. The van der Waals surface area contributed by atoms with Crippen molar-refractivity contribution in [1.29, 1.82) is 0 Å². The average molecular weight is 392 g/mol. The zero-order chi connectivity index (χ0) is 16.4. The van der Waals surface area contributed by atoms with Crippen molar-refractivity contribution in [2.45, 2.75) is 17.1 Å². The van der Waals surface area contributed by atoms with Crippen LogP contribution in [0.2, 0.25) is 0 Å². The summed E-state index contributed by atoms with van der Waals surface area (Å²) < 4.78 is 1.01. The second-order valence-electron chi connectivity index (χ2n) is 5.04. The molecule has 7 heteroatoms. The summed E-state index contributed by atoms with van der Waals surface area (Å²) in [5.74, 6) is -0.0878. The lowest BCUT2D eigenvalue weighted by molar-refractivity contribution is -0.115. The molecule has 0 aliphatic carbocycles. The molecule has 3 rings (SSSR count). The first-order valence-corrected chi connectivity index (χ1v) is 8.64. The number of nitrogens with one attached hydrogen (secondary N) is 3. The van der Waals surface area contributed by atoms with Crippen molar-refractivity contribution in [3.63, 3.8) is 0 Å².